The van der Waals surface area contributed by atoms with Crippen molar-refractivity contribution in [3.63, 3.8) is 0 Å². The van der Waals surface area contributed by atoms with E-state index in [0.717, 1.165) is 12.8 Å². The molecule has 3 heteroatoms. The van der Waals surface area contributed by atoms with E-state index in [2.05, 4.69) is 60.7 Å². The number of allylic oxidation sites excluding steroid dienone is 2. The second-order valence-electron chi connectivity index (χ2n) is 9.09. The van der Waals surface area contributed by atoms with Gasteiger partial charge < -0.3 is 9.53 Å². The molecule has 0 aromatic rings. The summed E-state index contributed by atoms with van der Waals surface area (Å²) in [7, 11) is -1.72. The molecular weight excluding hydrogens is 288 g/mol. The molecule has 2 atom stereocenters. The van der Waals surface area contributed by atoms with Gasteiger partial charge in [-0.25, -0.2) is 0 Å². The van der Waals surface area contributed by atoms with Gasteiger partial charge in [-0.3, -0.25) is 0 Å². The largest absolute Gasteiger partial charge is 0.414 e. The van der Waals surface area contributed by atoms with Crippen LogP contribution < -0.4 is 0 Å². The summed E-state index contributed by atoms with van der Waals surface area (Å²) in [4.78, 5) is 0. The first kappa shape index (κ1) is 19.7. The smallest absolute Gasteiger partial charge is 0.192 e. The topological polar surface area (TPSA) is 29.5 Å². The van der Waals surface area contributed by atoms with Crippen molar-refractivity contribution >= 4 is 8.32 Å². The zero-order chi connectivity index (χ0) is 17.3. The van der Waals surface area contributed by atoms with Gasteiger partial charge in [0.05, 0.1) is 6.10 Å². The maximum absolute atomic E-state index is 9.51. The Labute approximate surface area is 138 Å². The van der Waals surface area contributed by atoms with Crippen molar-refractivity contribution in [2.24, 2.45) is 5.41 Å². The van der Waals surface area contributed by atoms with Crippen molar-refractivity contribution < 1.29 is 9.53 Å². The summed E-state index contributed by atoms with van der Waals surface area (Å²) in [6.45, 7) is 20.2. The van der Waals surface area contributed by atoms with Crippen LogP contribution in [0, 0.1) is 5.41 Å². The minimum absolute atomic E-state index is 0.0980. The Morgan fingerprint density at radius 1 is 1.32 bits per heavy atom. The fourth-order valence-electron chi connectivity index (χ4n) is 3.06. The summed E-state index contributed by atoms with van der Waals surface area (Å²) < 4.78 is 6.65. The molecule has 0 spiro atoms. The van der Waals surface area contributed by atoms with Crippen LogP contribution in [0.3, 0.4) is 0 Å². The second kappa shape index (κ2) is 6.62. The van der Waals surface area contributed by atoms with Gasteiger partial charge in [-0.2, -0.15) is 0 Å². The van der Waals surface area contributed by atoms with Crippen LogP contribution in [0.15, 0.2) is 23.3 Å². The molecule has 0 saturated carbocycles. The third-order valence-corrected chi connectivity index (χ3v) is 9.80. The normalized spacial score (nSPS) is 24.9. The number of aliphatic hydroxyl groups is 1. The Hall–Kier alpha value is -0.383. The predicted octanol–water partition coefficient (Wildman–Crippen LogP) is 5.45. The lowest BCUT2D eigenvalue weighted by molar-refractivity contribution is 0.124. The van der Waals surface area contributed by atoms with Gasteiger partial charge in [0, 0.05) is 6.10 Å². The number of rotatable bonds is 4. The fourth-order valence-corrected chi connectivity index (χ4v) is 4.41. The van der Waals surface area contributed by atoms with Crippen LogP contribution in [0.2, 0.25) is 18.1 Å². The Morgan fingerprint density at radius 2 is 1.86 bits per heavy atom. The molecule has 0 aromatic carbocycles. The zero-order valence-corrected chi connectivity index (χ0v) is 17.1. The van der Waals surface area contributed by atoms with Gasteiger partial charge in [-0.15, -0.1) is 0 Å². The van der Waals surface area contributed by atoms with Crippen molar-refractivity contribution in [3.05, 3.63) is 23.3 Å². The number of aliphatic hydroxyl groups excluding tert-OH is 1. The summed E-state index contributed by atoms with van der Waals surface area (Å²) in [6, 6.07) is 0. The van der Waals surface area contributed by atoms with E-state index in [1.807, 2.05) is 6.08 Å². The van der Waals surface area contributed by atoms with Crippen molar-refractivity contribution in [1.29, 1.82) is 0 Å². The fraction of sp³-hybridized carbons (Fsp3) is 0.789. The third-order valence-electron chi connectivity index (χ3n) is 5.27. The van der Waals surface area contributed by atoms with Gasteiger partial charge in [-0.1, -0.05) is 52.3 Å². The lowest BCUT2D eigenvalue weighted by Crippen LogP contribution is -2.46. The minimum Gasteiger partial charge on any atom is -0.414 e. The van der Waals surface area contributed by atoms with E-state index in [4.69, 9.17) is 4.43 Å². The molecule has 2 nitrogen and oxygen atoms in total. The van der Waals surface area contributed by atoms with E-state index >= 15 is 0 Å². The van der Waals surface area contributed by atoms with E-state index in [1.165, 1.54) is 11.1 Å². The van der Waals surface area contributed by atoms with E-state index in [9.17, 15) is 5.11 Å². The van der Waals surface area contributed by atoms with Gasteiger partial charge >= 0.3 is 0 Å². The molecule has 128 valence electrons. The molecule has 0 aromatic heterocycles. The first-order valence-electron chi connectivity index (χ1n) is 8.50. The Balaban J connectivity index is 2.97. The molecule has 0 radical (unpaired) electrons. The minimum atomic E-state index is -1.72. The molecule has 0 bridgehead atoms. The SMILES string of the molecule is CC1=C(/C=C/[C@@H](C)O)C(C)(C)C[C@H](O[Si](C)(C)C(C)(C)C)C1. The van der Waals surface area contributed by atoms with Crippen LogP contribution in [0.1, 0.15) is 61.3 Å². The molecule has 0 heterocycles. The summed E-state index contributed by atoms with van der Waals surface area (Å²) in [5, 5.41) is 9.76. The lowest BCUT2D eigenvalue weighted by Gasteiger charge is -2.44. The van der Waals surface area contributed by atoms with Crippen molar-refractivity contribution in [2.75, 3.05) is 0 Å². The highest BCUT2D eigenvalue weighted by atomic mass is 28.4. The van der Waals surface area contributed by atoms with E-state index < -0.39 is 14.4 Å². The molecule has 1 aliphatic carbocycles. The van der Waals surface area contributed by atoms with E-state index in [1.54, 1.807) is 6.92 Å². The standard InChI is InChI=1S/C19H36O2Si/c1-14-12-16(21-22(8,9)18(3,4)5)13-19(6,7)17(14)11-10-15(2)20/h10-11,15-16,20H,12-13H2,1-9H3/b11-10+/t15-,16-/m1/s1. The first-order chi connectivity index (χ1) is 9.76. The van der Waals surface area contributed by atoms with Gasteiger partial charge in [0.25, 0.3) is 0 Å². The van der Waals surface area contributed by atoms with E-state index in [-0.39, 0.29) is 10.5 Å². The van der Waals surface area contributed by atoms with Crippen LogP contribution in [0.5, 0.6) is 0 Å². The van der Waals surface area contributed by atoms with Gasteiger partial charge in [0.1, 0.15) is 0 Å². The van der Waals surface area contributed by atoms with Crippen LogP contribution >= 0.6 is 0 Å². The highest BCUT2D eigenvalue weighted by Gasteiger charge is 2.42. The van der Waals surface area contributed by atoms with E-state index in [0.29, 0.717) is 6.10 Å². The molecule has 1 aliphatic rings. The quantitative estimate of drug-likeness (QED) is 0.697. The van der Waals surface area contributed by atoms with Crippen molar-refractivity contribution in [2.45, 2.75) is 91.6 Å². The molecular formula is C19H36O2Si. The van der Waals surface area contributed by atoms with Crippen molar-refractivity contribution in [1.82, 2.24) is 0 Å². The predicted molar refractivity (Wildman–Crippen MR) is 98.6 cm³/mol. The highest BCUT2D eigenvalue weighted by molar-refractivity contribution is 6.74. The molecule has 0 aliphatic heterocycles. The maximum Gasteiger partial charge on any atom is 0.192 e. The number of hydrogen-bond donors (Lipinski definition) is 1. The van der Waals surface area contributed by atoms with Gasteiger partial charge in [-0.05, 0) is 55.8 Å². The average Bonchev–Trinajstić information content (AvgIpc) is 2.23. The zero-order valence-electron chi connectivity index (χ0n) is 16.1. The number of hydrogen-bond acceptors (Lipinski definition) is 2. The molecule has 0 fully saturated rings. The molecule has 1 N–H and O–H groups in total. The summed E-state index contributed by atoms with van der Waals surface area (Å²) >= 11 is 0. The van der Waals surface area contributed by atoms with Crippen LogP contribution in [0.4, 0.5) is 0 Å². The Morgan fingerprint density at radius 3 is 2.27 bits per heavy atom. The first-order valence-corrected chi connectivity index (χ1v) is 11.4. The maximum atomic E-state index is 9.51. The Kier molecular flexibility index (Phi) is 5.92. The lowest BCUT2D eigenvalue weighted by atomic mass is 9.71. The summed E-state index contributed by atoms with van der Waals surface area (Å²) in [6.07, 6.45) is 5.99. The van der Waals surface area contributed by atoms with Crippen LogP contribution in [0.25, 0.3) is 0 Å². The second-order valence-corrected chi connectivity index (χ2v) is 13.8. The molecule has 0 unspecified atom stereocenters. The average molecular weight is 325 g/mol. The monoisotopic (exact) mass is 324 g/mol. The highest BCUT2D eigenvalue weighted by Crippen LogP contribution is 2.45. The molecule has 0 amide bonds. The summed E-state index contributed by atoms with van der Waals surface area (Å²) in [5.74, 6) is 0. The van der Waals surface area contributed by atoms with Crippen LogP contribution in [-0.2, 0) is 4.43 Å². The van der Waals surface area contributed by atoms with Gasteiger partial charge in [0.2, 0.25) is 0 Å². The van der Waals surface area contributed by atoms with Crippen LogP contribution in [-0.4, -0.2) is 25.6 Å². The molecule has 1 rings (SSSR count). The summed E-state index contributed by atoms with van der Waals surface area (Å²) in [5.41, 5.74) is 2.86. The van der Waals surface area contributed by atoms with Gasteiger partial charge in [0.15, 0.2) is 8.32 Å². The Bertz CT molecular complexity index is 451. The third kappa shape index (κ3) is 4.80. The molecule has 0 saturated heterocycles. The molecule has 22 heavy (non-hydrogen) atoms. The van der Waals surface area contributed by atoms with Crippen molar-refractivity contribution in [3.8, 4) is 0 Å².